The van der Waals surface area contributed by atoms with Crippen LogP contribution in [0.15, 0.2) is 18.2 Å². The van der Waals surface area contributed by atoms with Crippen molar-refractivity contribution in [1.29, 1.82) is 0 Å². The molecule has 14 heteroatoms. The largest absolute Gasteiger partial charge is 0.416 e. The number of nitrogens with zero attached hydrogens (tertiary/aromatic N) is 2. The quantitative estimate of drug-likeness (QED) is 0.271. The Morgan fingerprint density at radius 2 is 1.57 bits per heavy atom. The molecule has 0 bridgehead atoms. The van der Waals surface area contributed by atoms with Crippen LogP contribution in [-0.2, 0) is 16.2 Å². The van der Waals surface area contributed by atoms with E-state index in [9.17, 15) is 43.9 Å². The van der Waals surface area contributed by atoms with Crippen molar-refractivity contribution in [2.24, 2.45) is 0 Å². The number of sulfonamides is 1. The Balaban J connectivity index is 1.76. The highest BCUT2D eigenvalue weighted by atomic mass is 35.5. The van der Waals surface area contributed by atoms with E-state index in [1.807, 2.05) is 0 Å². The molecule has 5 nitrogen and oxygen atoms in total. The number of hydrogen-bond donors (Lipinski definition) is 0. The van der Waals surface area contributed by atoms with E-state index in [1.165, 1.54) is 0 Å². The van der Waals surface area contributed by atoms with Gasteiger partial charge in [0.05, 0.1) is 10.6 Å². The third kappa shape index (κ3) is 6.42. The van der Waals surface area contributed by atoms with E-state index in [1.54, 1.807) is 4.90 Å². The van der Waals surface area contributed by atoms with Gasteiger partial charge in [0.25, 0.3) is 10.0 Å². The Hall–Kier alpha value is -1.44. The first-order valence-electron chi connectivity index (χ1n) is 11.8. The average Bonchev–Trinajstić information content (AvgIpc) is 2.83. The van der Waals surface area contributed by atoms with Crippen LogP contribution in [0.2, 0.25) is 5.02 Å². The van der Waals surface area contributed by atoms with E-state index >= 15 is 0 Å². The van der Waals surface area contributed by atoms with Crippen molar-refractivity contribution in [3.63, 3.8) is 0 Å². The number of halogens is 8. The number of piperazine rings is 1. The van der Waals surface area contributed by atoms with Crippen molar-refractivity contribution in [3.05, 3.63) is 34.3 Å². The van der Waals surface area contributed by atoms with Crippen molar-refractivity contribution in [2.75, 3.05) is 26.2 Å². The highest BCUT2D eigenvalue weighted by Gasteiger charge is 2.51. The summed E-state index contributed by atoms with van der Waals surface area (Å²) in [5.74, 6) is -3.46. The molecule has 0 N–H and O–H groups in total. The number of carbonyl (C=O) groups is 1. The van der Waals surface area contributed by atoms with Gasteiger partial charge < -0.3 is 0 Å². The van der Waals surface area contributed by atoms with Gasteiger partial charge in [-0.15, -0.1) is 0 Å². The van der Waals surface area contributed by atoms with Gasteiger partial charge in [0.2, 0.25) is 5.92 Å². The third-order valence-corrected chi connectivity index (χ3v) is 9.77. The predicted octanol–water partition coefficient (Wildman–Crippen LogP) is 6.22. The lowest BCUT2D eigenvalue weighted by Gasteiger charge is -2.51. The van der Waals surface area contributed by atoms with Gasteiger partial charge in [0.1, 0.15) is 0 Å². The van der Waals surface area contributed by atoms with E-state index in [0.717, 1.165) is 19.1 Å². The minimum atomic E-state index is -4.88. The number of ketones is 1. The second kappa shape index (κ2) is 10.6. The fourth-order valence-corrected chi connectivity index (χ4v) is 6.65. The molecule has 0 aromatic heterocycles. The summed E-state index contributed by atoms with van der Waals surface area (Å²) in [6, 6.07) is 2.37. The van der Waals surface area contributed by atoms with Gasteiger partial charge in [-0.3, -0.25) is 9.69 Å². The van der Waals surface area contributed by atoms with Gasteiger partial charge in [0.15, 0.2) is 5.78 Å². The predicted molar refractivity (Wildman–Crippen MR) is 123 cm³/mol. The smallest absolute Gasteiger partial charge is 0.295 e. The molecule has 1 aliphatic carbocycles. The first-order valence-corrected chi connectivity index (χ1v) is 13.7. The molecule has 1 aliphatic heterocycles. The monoisotopic (exact) mass is 580 g/mol. The van der Waals surface area contributed by atoms with Crippen LogP contribution in [0.1, 0.15) is 67.8 Å². The Labute approximate surface area is 216 Å². The summed E-state index contributed by atoms with van der Waals surface area (Å²) in [4.78, 5) is 14.6. The number of rotatable bonds is 8. The van der Waals surface area contributed by atoms with Crippen molar-refractivity contribution in [3.8, 4) is 0 Å². The lowest BCUT2D eigenvalue weighted by atomic mass is 9.74. The normalized spacial score (nSPS) is 21.6. The van der Waals surface area contributed by atoms with Crippen LogP contribution in [0.4, 0.5) is 30.7 Å². The van der Waals surface area contributed by atoms with Gasteiger partial charge in [-0.05, 0) is 37.5 Å². The zero-order valence-electron chi connectivity index (χ0n) is 20.1. The number of Topliss-reactive ketones (excluding diaryl/α,β-unsaturated/α-hetero) is 1. The molecule has 0 amide bonds. The Kier molecular flexibility index (Phi) is 8.64. The number of alkyl halides is 7. The molecule has 210 valence electrons. The van der Waals surface area contributed by atoms with Crippen LogP contribution in [0.25, 0.3) is 0 Å². The van der Waals surface area contributed by atoms with Crippen molar-refractivity contribution >= 4 is 27.4 Å². The summed E-state index contributed by atoms with van der Waals surface area (Å²) >= 11 is 5.93. The zero-order valence-corrected chi connectivity index (χ0v) is 21.6. The SMILES string of the molecule is CCC(F)(F)S(=O)(=O)N1CCN(C2(CCC(=O)c3ccc(C(F)(F)F)cc3Cl)CCC(F)(F)CC2)CC1. The van der Waals surface area contributed by atoms with Crippen molar-refractivity contribution in [2.45, 2.75) is 74.8 Å². The standard InChI is InChI=1S/C23H28ClF7N2O3S/c1-2-22(27,28)37(35,36)33-13-11-32(12-14-33)20(7-9-21(25,26)10-8-20)6-5-19(34)17-4-3-16(15-18(17)24)23(29,30)31/h3-4,15H,2,5-14H2,1H3. The van der Waals surface area contributed by atoms with E-state index < -0.39 is 63.5 Å². The molecule has 0 unspecified atom stereocenters. The summed E-state index contributed by atoms with van der Waals surface area (Å²) in [7, 11) is -4.88. The minimum Gasteiger partial charge on any atom is -0.295 e. The lowest BCUT2D eigenvalue weighted by molar-refractivity contribution is -0.137. The molecule has 3 rings (SSSR count). The average molecular weight is 581 g/mol. The maximum absolute atomic E-state index is 14.0. The molecular weight excluding hydrogens is 553 g/mol. The van der Waals surface area contributed by atoms with Gasteiger partial charge in [-0.25, -0.2) is 17.2 Å². The fraction of sp³-hybridized carbons (Fsp3) is 0.696. The first kappa shape index (κ1) is 30.1. The minimum absolute atomic E-state index is 0.00804. The second-order valence-corrected chi connectivity index (χ2v) is 12.0. The van der Waals surface area contributed by atoms with Crippen LogP contribution in [0.3, 0.4) is 0 Å². The molecule has 0 spiro atoms. The van der Waals surface area contributed by atoms with Crippen LogP contribution < -0.4 is 0 Å². The molecule has 37 heavy (non-hydrogen) atoms. The van der Waals surface area contributed by atoms with Crippen molar-refractivity contribution in [1.82, 2.24) is 9.21 Å². The zero-order chi connectivity index (χ0) is 27.9. The van der Waals surface area contributed by atoms with Gasteiger partial charge in [0, 0.05) is 63.0 Å². The molecule has 1 saturated heterocycles. The summed E-state index contributed by atoms with van der Waals surface area (Å²) in [6.45, 7) is 0.577. The molecule has 1 saturated carbocycles. The van der Waals surface area contributed by atoms with E-state index in [2.05, 4.69) is 0 Å². The van der Waals surface area contributed by atoms with Gasteiger partial charge in [-0.1, -0.05) is 18.5 Å². The maximum Gasteiger partial charge on any atom is 0.416 e. The molecule has 2 aliphatic rings. The molecule has 1 aromatic carbocycles. The highest BCUT2D eigenvalue weighted by Crippen LogP contribution is 2.45. The Morgan fingerprint density at radius 1 is 1.00 bits per heavy atom. The molecule has 0 radical (unpaired) electrons. The highest BCUT2D eigenvalue weighted by molar-refractivity contribution is 7.90. The molecule has 1 aromatic rings. The number of hydrogen-bond acceptors (Lipinski definition) is 4. The summed E-state index contributed by atoms with van der Waals surface area (Å²) in [6.07, 6.45) is -6.58. The van der Waals surface area contributed by atoms with Crippen LogP contribution in [0.5, 0.6) is 0 Å². The van der Waals surface area contributed by atoms with Crippen LogP contribution in [-0.4, -0.2) is 66.3 Å². The second-order valence-electron chi connectivity index (χ2n) is 9.58. The van der Waals surface area contributed by atoms with Crippen molar-refractivity contribution < 1.29 is 43.9 Å². The van der Waals surface area contributed by atoms with Gasteiger partial charge in [-0.2, -0.15) is 26.3 Å². The molecule has 1 heterocycles. The first-order chi connectivity index (χ1) is 16.9. The fourth-order valence-electron chi connectivity index (χ4n) is 4.98. The Bertz CT molecular complexity index is 1090. The lowest BCUT2D eigenvalue weighted by Crippen LogP contribution is -2.61. The molecule has 2 fully saturated rings. The van der Waals surface area contributed by atoms with E-state index in [-0.39, 0.29) is 62.4 Å². The summed E-state index contributed by atoms with van der Waals surface area (Å²) in [5.41, 5.74) is -2.05. The van der Waals surface area contributed by atoms with E-state index in [0.29, 0.717) is 10.4 Å². The van der Waals surface area contributed by atoms with E-state index in [4.69, 9.17) is 11.6 Å². The summed E-state index contributed by atoms with van der Waals surface area (Å²) in [5, 5.41) is -4.30. The van der Waals surface area contributed by atoms with Crippen LogP contribution in [0, 0.1) is 0 Å². The molecule has 0 atom stereocenters. The topological polar surface area (TPSA) is 57.7 Å². The number of benzene rings is 1. The van der Waals surface area contributed by atoms with Crippen LogP contribution >= 0.6 is 11.6 Å². The summed E-state index contributed by atoms with van der Waals surface area (Å²) < 4.78 is 120. The third-order valence-electron chi connectivity index (χ3n) is 7.36. The molecular formula is C23H28ClF7N2O3S. The van der Waals surface area contributed by atoms with Gasteiger partial charge >= 0.3 is 11.4 Å². The maximum atomic E-state index is 14.0. The number of carbonyl (C=O) groups excluding carboxylic acids is 1. The Morgan fingerprint density at radius 3 is 2.05 bits per heavy atom.